The molecule has 0 aromatic rings. The van der Waals surface area contributed by atoms with Crippen LogP contribution >= 0.6 is 24.8 Å². The van der Waals surface area contributed by atoms with Crippen molar-refractivity contribution < 1.29 is 18.5 Å². The zero-order valence-electron chi connectivity index (χ0n) is 7.36. The lowest BCUT2D eigenvalue weighted by Crippen LogP contribution is -1.96. The predicted octanol–water partition coefficient (Wildman–Crippen LogP) is 2.52. The number of rotatable bonds is 6. The minimum atomic E-state index is -3.73. The van der Waals surface area contributed by atoms with E-state index in [0.717, 1.165) is 0 Å². The Morgan fingerprint density at radius 2 is 1.50 bits per heavy atom. The molecule has 0 bridgehead atoms. The van der Waals surface area contributed by atoms with Crippen LogP contribution in [0.15, 0.2) is 0 Å². The highest BCUT2D eigenvalue weighted by atomic mass is 79.9. The summed E-state index contributed by atoms with van der Waals surface area (Å²) in [6.07, 6.45) is 1.42. The predicted molar refractivity (Wildman–Crippen MR) is 52.6 cm³/mol. The van der Waals surface area contributed by atoms with E-state index in [2.05, 4.69) is 9.05 Å². The maximum absolute atomic E-state index is 10.8. The molecular weight excluding hydrogens is 247 g/mol. The Hall–Kier alpha value is 0.590. The van der Waals surface area contributed by atoms with E-state index in [0.29, 0.717) is 12.8 Å². The Morgan fingerprint density at radius 3 is 1.75 bits per heavy atom. The van der Waals surface area contributed by atoms with Gasteiger partial charge >= 0.3 is 7.82 Å². The van der Waals surface area contributed by atoms with E-state index in [1.54, 1.807) is 0 Å². The standard InChI is InChI=1S/C6H15O4P.BrH/c1-3-5-9-11(7,8)10-6-4-2;/h3-6H2,1-2H3,(H,7,8);1H. The minimum Gasteiger partial charge on any atom is -0.302 e. The Labute approximate surface area is 83.6 Å². The Kier molecular flexibility index (Phi) is 10.3. The number of halogens is 1. The number of phosphoric acid groups is 1. The van der Waals surface area contributed by atoms with Gasteiger partial charge in [-0.05, 0) is 12.8 Å². The van der Waals surface area contributed by atoms with Crippen LogP contribution in [0.25, 0.3) is 0 Å². The molecule has 76 valence electrons. The first-order valence-corrected chi connectivity index (χ1v) is 5.23. The van der Waals surface area contributed by atoms with Crippen molar-refractivity contribution in [3.8, 4) is 0 Å². The third-order valence-corrected chi connectivity index (χ3v) is 1.93. The van der Waals surface area contributed by atoms with Crippen LogP contribution in [0, 0.1) is 0 Å². The molecule has 0 aliphatic heterocycles. The lowest BCUT2D eigenvalue weighted by atomic mass is 10.5. The van der Waals surface area contributed by atoms with Crippen molar-refractivity contribution >= 4 is 24.8 Å². The number of hydrogen-bond donors (Lipinski definition) is 1. The Morgan fingerprint density at radius 1 is 1.17 bits per heavy atom. The fourth-order valence-corrected chi connectivity index (χ4v) is 1.35. The zero-order valence-corrected chi connectivity index (χ0v) is 9.96. The van der Waals surface area contributed by atoms with Gasteiger partial charge in [0.05, 0.1) is 13.2 Å². The first kappa shape index (κ1) is 15.1. The van der Waals surface area contributed by atoms with Crippen molar-refractivity contribution in [2.75, 3.05) is 13.2 Å². The molecule has 0 radical (unpaired) electrons. The van der Waals surface area contributed by atoms with Gasteiger partial charge in [0.15, 0.2) is 0 Å². The van der Waals surface area contributed by atoms with Gasteiger partial charge in [-0.25, -0.2) is 4.57 Å². The summed E-state index contributed by atoms with van der Waals surface area (Å²) in [5.41, 5.74) is 0. The van der Waals surface area contributed by atoms with Crippen molar-refractivity contribution in [1.29, 1.82) is 0 Å². The van der Waals surface area contributed by atoms with Gasteiger partial charge in [-0.2, -0.15) is 0 Å². The normalized spacial score (nSPS) is 10.9. The molecule has 6 heteroatoms. The summed E-state index contributed by atoms with van der Waals surface area (Å²) >= 11 is 0. The summed E-state index contributed by atoms with van der Waals surface area (Å²) in [6, 6.07) is 0. The quantitative estimate of drug-likeness (QED) is 0.748. The maximum atomic E-state index is 10.8. The SMILES string of the molecule is Br.CCCOP(=O)(O)OCCC. The molecule has 0 saturated carbocycles. The van der Waals surface area contributed by atoms with E-state index < -0.39 is 7.82 Å². The maximum Gasteiger partial charge on any atom is 0.472 e. The topological polar surface area (TPSA) is 55.8 Å². The highest BCUT2D eigenvalue weighted by Crippen LogP contribution is 2.43. The Bertz CT molecular complexity index is 130. The van der Waals surface area contributed by atoms with Gasteiger partial charge in [0.2, 0.25) is 0 Å². The molecule has 0 amide bonds. The summed E-state index contributed by atoms with van der Waals surface area (Å²) in [5.74, 6) is 0. The largest absolute Gasteiger partial charge is 0.472 e. The van der Waals surface area contributed by atoms with E-state index in [1.807, 2.05) is 13.8 Å². The van der Waals surface area contributed by atoms with E-state index in [9.17, 15) is 4.57 Å². The van der Waals surface area contributed by atoms with Gasteiger partial charge in [0, 0.05) is 0 Å². The molecule has 0 aromatic carbocycles. The molecule has 0 heterocycles. The first-order chi connectivity index (χ1) is 5.12. The fourth-order valence-electron chi connectivity index (χ4n) is 0.451. The van der Waals surface area contributed by atoms with Crippen molar-refractivity contribution in [1.82, 2.24) is 0 Å². The monoisotopic (exact) mass is 262 g/mol. The second-order valence-electron chi connectivity index (χ2n) is 2.14. The third kappa shape index (κ3) is 8.68. The molecule has 0 spiro atoms. The summed E-state index contributed by atoms with van der Waals surface area (Å²) < 4.78 is 20.0. The van der Waals surface area contributed by atoms with Crippen molar-refractivity contribution in [2.45, 2.75) is 26.7 Å². The molecule has 0 aliphatic carbocycles. The van der Waals surface area contributed by atoms with Gasteiger partial charge in [0.25, 0.3) is 0 Å². The van der Waals surface area contributed by atoms with E-state index in [1.165, 1.54) is 0 Å². The molecule has 4 nitrogen and oxygen atoms in total. The van der Waals surface area contributed by atoms with Crippen LogP contribution in [0.3, 0.4) is 0 Å². The van der Waals surface area contributed by atoms with Crippen molar-refractivity contribution in [2.24, 2.45) is 0 Å². The van der Waals surface area contributed by atoms with Crippen LogP contribution in [0.5, 0.6) is 0 Å². The minimum absolute atomic E-state index is 0. The van der Waals surface area contributed by atoms with Crippen LogP contribution in [0.2, 0.25) is 0 Å². The molecule has 1 N–H and O–H groups in total. The highest BCUT2D eigenvalue weighted by Gasteiger charge is 2.18. The molecule has 12 heavy (non-hydrogen) atoms. The average Bonchev–Trinajstić information content (AvgIpc) is 1.97. The van der Waals surface area contributed by atoms with Gasteiger partial charge in [-0.1, -0.05) is 13.8 Å². The highest BCUT2D eigenvalue weighted by molar-refractivity contribution is 8.93. The van der Waals surface area contributed by atoms with E-state index in [4.69, 9.17) is 4.89 Å². The van der Waals surface area contributed by atoms with Crippen LogP contribution in [0.4, 0.5) is 0 Å². The van der Waals surface area contributed by atoms with E-state index in [-0.39, 0.29) is 30.2 Å². The average molecular weight is 263 g/mol. The second kappa shape index (κ2) is 8.20. The molecule has 0 rings (SSSR count). The molecule has 0 fully saturated rings. The summed E-state index contributed by atoms with van der Waals surface area (Å²) in [4.78, 5) is 8.89. The smallest absolute Gasteiger partial charge is 0.302 e. The summed E-state index contributed by atoms with van der Waals surface area (Å²) in [5, 5.41) is 0. The first-order valence-electron chi connectivity index (χ1n) is 3.74. The lowest BCUT2D eigenvalue weighted by Gasteiger charge is -2.09. The fraction of sp³-hybridized carbons (Fsp3) is 1.00. The number of hydrogen-bond acceptors (Lipinski definition) is 3. The summed E-state index contributed by atoms with van der Waals surface area (Å²) in [7, 11) is -3.73. The van der Waals surface area contributed by atoms with Gasteiger partial charge in [0.1, 0.15) is 0 Å². The molecule has 0 saturated heterocycles. The van der Waals surface area contributed by atoms with Crippen LogP contribution in [-0.2, 0) is 13.6 Å². The van der Waals surface area contributed by atoms with Crippen LogP contribution in [-0.4, -0.2) is 18.1 Å². The van der Waals surface area contributed by atoms with Crippen LogP contribution < -0.4 is 0 Å². The van der Waals surface area contributed by atoms with E-state index >= 15 is 0 Å². The molecule has 0 aliphatic rings. The van der Waals surface area contributed by atoms with Gasteiger partial charge in [-0.15, -0.1) is 17.0 Å². The van der Waals surface area contributed by atoms with Crippen LogP contribution in [0.1, 0.15) is 26.7 Å². The number of phosphoric ester groups is 1. The zero-order chi connectivity index (χ0) is 8.74. The van der Waals surface area contributed by atoms with Gasteiger partial charge in [-0.3, -0.25) is 9.05 Å². The second-order valence-corrected chi connectivity index (χ2v) is 3.59. The molecule has 0 unspecified atom stereocenters. The lowest BCUT2D eigenvalue weighted by molar-refractivity contribution is 0.150. The summed E-state index contributed by atoms with van der Waals surface area (Å²) in [6.45, 7) is 4.24. The molecule has 0 aromatic heterocycles. The Balaban J connectivity index is 0. The van der Waals surface area contributed by atoms with Crippen molar-refractivity contribution in [3.63, 3.8) is 0 Å². The molecular formula is C6H16BrO4P. The third-order valence-electron chi connectivity index (χ3n) is 0.917. The molecule has 0 atom stereocenters. The van der Waals surface area contributed by atoms with Gasteiger partial charge < -0.3 is 4.89 Å². The van der Waals surface area contributed by atoms with Crippen molar-refractivity contribution in [3.05, 3.63) is 0 Å².